The van der Waals surface area contributed by atoms with Gasteiger partial charge >= 0.3 is 0 Å². The van der Waals surface area contributed by atoms with E-state index in [1.807, 2.05) is 30.3 Å². The van der Waals surface area contributed by atoms with Gasteiger partial charge in [-0.25, -0.2) is 0 Å². The Morgan fingerprint density at radius 3 is 2.05 bits per heavy atom. The van der Waals surface area contributed by atoms with E-state index in [0.717, 1.165) is 10.6 Å². The highest BCUT2D eigenvalue weighted by Crippen LogP contribution is 2.18. The summed E-state index contributed by atoms with van der Waals surface area (Å²) in [5.74, 6) is 0. The van der Waals surface area contributed by atoms with E-state index in [4.69, 9.17) is 11.6 Å². The van der Waals surface area contributed by atoms with Gasteiger partial charge in [-0.15, -0.1) is 0 Å². The highest BCUT2D eigenvalue weighted by atomic mass is 35.5. The van der Waals surface area contributed by atoms with E-state index < -0.39 is 0 Å². The SMILES string of the molecule is C=Cc1ccc(Cl)cc1.C=Cc1cccc2ccccc12. The number of hydrogen-bond acceptors (Lipinski definition) is 0. The molecule has 3 rings (SSSR count). The molecule has 0 amide bonds. The maximum absolute atomic E-state index is 5.63. The zero-order valence-corrected chi connectivity index (χ0v) is 12.6. The fourth-order valence-electron chi connectivity index (χ4n) is 2.03. The summed E-state index contributed by atoms with van der Waals surface area (Å²) >= 11 is 5.63. The van der Waals surface area contributed by atoms with E-state index in [9.17, 15) is 0 Å². The summed E-state index contributed by atoms with van der Waals surface area (Å²) in [6, 6.07) is 22.1. The number of benzene rings is 3. The van der Waals surface area contributed by atoms with E-state index in [0.29, 0.717) is 0 Å². The van der Waals surface area contributed by atoms with Gasteiger partial charge in [0.25, 0.3) is 0 Å². The van der Waals surface area contributed by atoms with Crippen LogP contribution in [-0.4, -0.2) is 0 Å². The first-order valence-electron chi connectivity index (χ1n) is 6.73. The average Bonchev–Trinajstić information content (AvgIpc) is 2.55. The van der Waals surface area contributed by atoms with Gasteiger partial charge in [0.1, 0.15) is 0 Å². The molecule has 3 aromatic rings. The minimum absolute atomic E-state index is 0.764. The monoisotopic (exact) mass is 292 g/mol. The van der Waals surface area contributed by atoms with Gasteiger partial charge in [-0.3, -0.25) is 0 Å². The Morgan fingerprint density at radius 2 is 1.38 bits per heavy atom. The lowest BCUT2D eigenvalue weighted by atomic mass is 10.1. The Morgan fingerprint density at radius 1 is 0.714 bits per heavy atom. The number of hydrogen-bond donors (Lipinski definition) is 0. The van der Waals surface area contributed by atoms with Crippen molar-refractivity contribution in [3.8, 4) is 0 Å². The van der Waals surface area contributed by atoms with Crippen LogP contribution in [0.15, 0.2) is 79.9 Å². The van der Waals surface area contributed by atoms with Crippen LogP contribution in [0.25, 0.3) is 22.9 Å². The first kappa shape index (κ1) is 15.1. The largest absolute Gasteiger partial charge is 0.0985 e. The lowest BCUT2D eigenvalue weighted by Gasteiger charge is -1.99. The molecule has 104 valence electrons. The standard InChI is InChI=1S/C12H10.C8H7Cl/c1-2-10-7-5-8-11-6-3-4-9-12(10)11;1-2-7-3-5-8(9)6-4-7/h2-9H,1H2;2-6H,1H2. The summed E-state index contributed by atoms with van der Waals surface area (Å²) in [6.45, 7) is 7.40. The Labute approximate surface area is 131 Å². The second-order valence-corrected chi connectivity index (χ2v) is 4.96. The zero-order valence-electron chi connectivity index (χ0n) is 11.8. The van der Waals surface area contributed by atoms with Crippen molar-refractivity contribution in [2.75, 3.05) is 0 Å². The second kappa shape index (κ2) is 7.47. The molecular weight excluding hydrogens is 276 g/mol. The lowest BCUT2D eigenvalue weighted by molar-refractivity contribution is 1.66. The first-order chi connectivity index (χ1) is 10.2. The van der Waals surface area contributed by atoms with Crippen LogP contribution in [0.2, 0.25) is 5.02 Å². The van der Waals surface area contributed by atoms with Crippen molar-refractivity contribution in [3.63, 3.8) is 0 Å². The van der Waals surface area contributed by atoms with E-state index in [-0.39, 0.29) is 0 Å². The molecule has 0 spiro atoms. The van der Waals surface area contributed by atoms with Crippen LogP contribution < -0.4 is 0 Å². The molecule has 0 bridgehead atoms. The number of fused-ring (bicyclic) bond motifs is 1. The molecule has 0 fully saturated rings. The second-order valence-electron chi connectivity index (χ2n) is 4.53. The van der Waals surface area contributed by atoms with Crippen LogP contribution in [-0.2, 0) is 0 Å². The van der Waals surface area contributed by atoms with Crippen LogP contribution in [0.5, 0.6) is 0 Å². The smallest absolute Gasteiger partial charge is 0.0406 e. The molecule has 0 saturated heterocycles. The molecule has 0 aliphatic rings. The molecule has 21 heavy (non-hydrogen) atoms. The molecule has 0 atom stereocenters. The first-order valence-corrected chi connectivity index (χ1v) is 7.10. The molecule has 0 nitrogen and oxygen atoms in total. The molecule has 0 heterocycles. The average molecular weight is 293 g/mol. The molecule has 3 aromatic carbocycles. The molecule has 0 aromatic heterocycles. The van der Waals surface area contributed by atoms with Gasteiger partial charge in [0.2, 0.25) is 0 Å². The van der Waals surface area contributed by atoms with Crippen molar-refractivity contribution >= 4 is 34.5 Å². The third-order valence-corrected chi connectivity index (χ3v) is 3.40. The number of halogens is 1. The third kappa shape index (κ3) is 4.08. The highest BCUT2D eigenvalue weighted by Gasteiger charge is 1.93. The van der Waals surface area contributed by atoms with Crippen molar-refractivity contribution in [1.82, 2.24) is 0 Å². The van der Waals surface area contributed by atoms with E-state index in [2.05, 4.69) is 55.6 Å². The fraction of sp³-hybridized carbons (Fsp3) is 0. The van der Waals surface area contributed by atoms with Gasteiger partial charge in [-0.2, -0.15) is 0 Å². The van der Waals surface area contributed by atoms with Crippen LogP contribution >= 0.6 is 11.6 Å². The van der Waals surface area contributed by atoms with E-state index in [1.54, 1.807) is 6.08 Å². The molecular formula is C20H17Cl. The summed E-state index contributed by atoms with van der Waals surface area (Å²) in [4.78, 5) is 0. The van der Waals surface area contributed by atoms with Gasteiger partial charge in [0.05, 0.1) is 0 Å². The normalized spacial score (nSPS) is 9.57. The van der Waals surface area contributed by atoms with E-state index in [1.165, 1.54) is 16.3 Å². The molecule has 1 heteroatoms. The van der Waals surface area contributed by atoms with Crippen LogP contribution in [0.3, 0.4) is 0 Å². The van der Waals surface area contributed by atoms with Crippen LogP contribution in [0.4, 0.5) is 0 Å². The van der Waals surface area contributed by atoms with Gasteiger partial charge in [-0.1, -0.05) is 91.5 Å². The molecule has 0 aliphatic carbocycles. The number of rotatable bonds is 2. The van der Waals surface area contributed by atoms with Crippen LogP contribution in [0.1, 0.15) is 11.1 Å². The summed E-state index contributed by atoms with van der Waals surface area (Å²) in [7, 11) is 0. The summed E-state index contributed by atoms with van der Waals surface area (Å²) in [5, 5.41) is 3.31. The summed E-state index contributed by atoms with van der Waals surface area (Å²) in [5.41, 5.74) is 2.30. The van der Waals surface area contributed by atoms with Crippen LogP contribution in [0, 0.1) is 0 Å². The minimum atomic E-state index is 0.764. The van der Waals surface area contributed by atoms with Gasteiger partial charge in [-0.05, 0) is 34.0 Å². The Kier molecular flexibility index (Phi) is 5.36. The van der Waals surface area contributed by atoms with Crippen molar-refractivity contribution in [1.29, 1.82) is 0 Å². The fourth-order valence-corrected chi connectivity index (χ4v) is 2.15. The quantitative estimate of drug-likeness (QED) is 0.508. The summed E-state index contributed by atoms with van der Waals surface area (Å²) < 4.78 is 0. The Bertz CT molecular complexity index is 734. The molecule has 0 saturated carbocycles. The summed E-state index contributed by atoms with van der Waals surface area (Å²) in [6.07, 6.45) is 3.68. The third-order valence-electron chi connectivity index (χ3n) is 3.15. The molecule has 0 unspecified atom stereocenters. The zero-order chi connectivity index (χ0) is 15.1. The van der Waals surface area contributed by atoms with Crippen molar-refractivity contribution < 1.29 is 0 Å². The molecule has 0 N–H and O–H groups in total. The van der Waals surface area contributed by atoms with Gasteiger partial charge in [0.15, 0.2) is 0 Å². The lowest BCUT2D eigenvalue weighted by Crippen LogP contribution is -1.75. The van der Waals surface area contributed by atoms with Crippen molar-refractivity contribution in [3.05, 3.63) is 96.0 Å². The predicted octanol–water partition coefficient (Wildman–Crippen LogP) is 6.47. The van der Waals surface area contributed by atoms with Crippen molar-refractivity contribution in [2.24, 2.45) is 0 Å². The topological polar surface area (TPSA) is 0 Å². The highest BCUT2D eigenvalue weighted by molar-refractivity contribution is 6.30. The molecule has 0 aliphatic heterocycles. The Hall–Kier alpha value is -2.31. The van der Waals surface area contributed by atoms with Gasteiger partial charge < -0.3 is 0 Å². The maximum atomic E-state index is 5.63. The van der Waals surface area contributed by atoms with Gasteiger partial charge in [0, 0.05) is 5.02 Å². The molecule has 0 radical (unpaired) electrons. The predicted molar refractivity (Wildman–Crippen MR) is 95.6 cm³/mol. The minimum Gasteiger partial charge on any atom is -0.0985 e. The Balaban J connectivity index is 0.000000161. The van der Waals surface area contributed by atoms with E-state index >= 15 is 0 Å². The maximum Gasteiger partial charge on any atom is 0.0406 e. The van der Waals surface area contributed by atoms with Crippen molar-refractivity contribution in [2.45, 2.75) is 0 Å².